The van der Waals surface area contributed by atoms with Crippen molar-refractivity contribution in [2.45, 2.75) is 6.36 Å². The molecule has 2 aromatic heterocycles. The van der Waals surface area contributed by atoms with Crippen molar-refractivity contribution < 1.29 is 31.8 Å². The van der Waals surface area contributed by atoms with E-state index in [0.29, 0.717) is 59.5 Å². The number of benzene rings is 3. The number of ether oxygens (including phenoxy) is 2. The van der Waals surface area contributed by atoms with E-state index < -0.39 is 23.8 Å². The second-order valence-corrected chi connectivity index (χ2v) is 9.86. The number of carbonyl (C=O) groups is 1. The summed E-state index contributed by atoms with van der Waals surface area (Å²) < 4.78 is 63.8. The Hall–Kier alpha value is -4.48. The quantitative estimate of drug-likeness (QED) is 0.216. The van der Waals surface area contributed by atoms with Crippen molar-refractivity contribution in [3.8, 4) is 16.9 Å². The molecule has 0 bridgehead atoms. The van der Waals surface area contributed by atoms with Crippen LogP contribution in [-0.2, 0) is 4.74 Å². The summed E-state index contributed by atoms with van der Waals surface area (Å²) >= 11 is 6.36. The summed E-state index contributed by atoms with van der Waals surface area (Å²) in [6.45, 7) is 1.79. The van der Waals surface area contributed by atoms with Gasteiger partial charge in [-0.05, 0) is 42.5 Å². The molecular formula is C30H21ClF4N4O3. The first kappa shape index (κ1) is 27.7. The van der Waals surface area contributed by atoms with Gasteiger partial charge in [0.1, 0.15) is 11.6 Å². The third kappa shape index (κ3) is 5.40. The molecule has 5 aromatic rings. The van der Waals surface area contributed by atoms with Gasteiger partial charge >= 0.3 is 6.36 Å². The number of morpholine rings is 1. The molecule has 1 aliphatic rings. The van der Waals surface area contributed by atoms with Gasteiger partial charge in [0, 0.05) is 46.2 Å². The maximum absolute atomic E-state index is 15.4. The predicted octanol–water partition coefficient (Wildman–Crippen LogP) is 7.23. The molecule has 0 spiro atoms. The smallest absolute Gasteiger partial charge is 0.406 e. The molecule has 0 unspecified atom stereocenters. The first-order valence-electron chi connectivity index (χ1n) is 12.8. The van der Waals surface area contributed by atoms with E-state index in [0.717, 1.165) is 12.1 Å². The number of anilines is 2. The van der Waals surface area contributed by atoms with Gasteiger partial charge in [0.25, 0.3) is 5.91 Å². The van der Waals surface area contributed by atoms with Crippen molar-refractivity contribution in [2.75, 3.05) is 36.5 Å². The number of halogens is 5. The highest BCUT2D eigenvalue weighted by atomic mass is 35.5. The molecule has 1 aliphatic heterocycles. The standard InChI is InChI=1S/C30H21ClF4N4O3/c31-22-7-5-17(42-30(33,34)35)15-21(22)26-23(32)8-6-20-27(26)37-16-25(28(20)39-11-13-41-14-12-39)38-29(40)19-9-10-36-24-4-2-1-3-18(19)24/h1-10,15-16H,11-14H2,(H,38,40). The molecule has 1 amide bonds. The molecule has 3 aromatic carbocycles. The third-order valence-electron chi connectivity index (χ3n) is 6.87. The number of nitrogens with zero attached hydrogens (tertiary/aromatic N) is 3. The Bertz CT molecular complexity index is 1820. The Balaban J connectivity index is 1.50. The van der Waals surface area contributed by atoms with Crippen LogP contribution in [0.4, 0.5) is 28.9 Å². The number of hydrogen-bond acceptors (Lipinski definition) is 6. The number of fused-ring (bicyclic) bond motifs is 2. The van der Waals surface area contributed by atoms with E-state index in [1.807, 2.05) is 17.0 Å². The summed E-state index contributed by atoms with van der Waals surface area (Å²) in [6, 6.07) is 14.8. The van der Waals surface area contributed by atoms with Crippen LogP contribution in [0.1, 0.15) is 10.4 Å². The summed E-state index contributed by atoms with van der Waals surface area (Å²) in [4.78, 5) is 24.3. The number of pyridine rings is 2. The molecule has 0 radical (unpaired) electrons. The number of rotatable bonds is 5. The van der Waals surface area contributed by atoms with E-state index in [1.54, 1.807) is 24.4 Å². The zero-order valence-corrected chi connectivity index (χ0v) is 22.5. The van der Waals surface area contributed by atoms with E-state index in [-0.39, 0.29) is 21.7 Å². The fourth-order valence-corrected chi connectivity index (χ4v) is 5.29. The lowest BCUT2D eigenvalue weighted by Crippen LogP contribution is -2.37. The van der Waals surface area contributed by atoms with Gasteiger partial charge in [-0.2, -0.15) is 0 Å². The topological polar surface area (TPSA) is 76.6 Å². The molecule has 1 saturated heterocycles. The molecule has 7 nitrogen and oxygen atoms in total. The molecule has 0 saturated carbocycles. The highest BCUT2D eigenvalue weighted by Gasteiger charge is 2.32. The molecule has 1 fully saturated rings. The van der Waals surface area contributed by atoms with Crippen molar-refractivity contribution in [1.29, 1.82) is 0 Å². The average Bonchev–Trinajstić information content (AvgIpc) is 2.97. The number of amides is 1. The summed E-state index contributed by atoms with van der Waals surface area (Å²) in [5.74, 6) is -1.69. The highest BCUT2D eigenvalue weighted by Crippen LogP contribution is 2.42. The Morgan fingerprint density at radius 2 is 1.79 bits per heavy atom. The van der Waals surface area contributed by atoms with Crippen LogP contribution in [0.5, 0.6) is 5.75 Å². The molecule has 1 N–H and O–H groups in total. The Morgan fingerprint density at radius 3 is 2.57 bits per heavy atom. The van der Waals surface area contributed by atoms with E-state index in [4.69, 9.17) is 16.3 Å². The summed E-state index contributed by atoms with van der Waals surface area (Å²) in [5, 5.41) is 4.09. The maximum atomic E-state index is 15.4. The minimum atomic E-state index is -4.95. The fourth-order valence-electron chi connectivity index (χ4n) is 5.08. The van der Waals surface area contributed by atoms with Gasteiger partial charge in [-0.1, -0.05) is 29.8 Å². The number of carbonyl (C=O) groups excluding carboxylic acids is 1. The van der Waals surface area contributed by atoms with E-state index in [1.165, 1.54) is 24.4 Å². The molecule has 3 heterocycles. The van der Waals surface area contributed by atoms with Gasteiger partial charge in [0.05, 0.1) is 47.4 Å². The molecule has 6 rings (SSSR count). The van der Waals surface area contributed by atoms with Gasteiger partial charge in [-0.3, -0.25) is 14.8 Å². The predicted molar refractivity (Wildman–Crippen MR) is 152 cm³/mol. The average molecular weight is 597 g/mol. The minimum absolute atomic E-state index is 0.00703. The first-order chi connectivity index (χ1) is 20.2. The van der Waals surface area contributed by atoms with Crippen LogP contribution >= 0.6 is 11.6 Å². The van der Waals surface area contributed by atoms with Crippen molar-refractivity contribution >= 4 is 50.7 Å². The maximum Gasteiger partial charge on any atom is 0.573 e. The van der Waals surface area contributed by atoms with Crippen LogP contribution in [0.15, 0.2) is 73.1 Å². The monoisotopic (exact) mass is 596 g/mol. The minimum Gasteiger partial charge on any atom is -0.406 e. The largest absolute Gasteiger partial charge is 0.573 e. The molecule has 12 heteroatoms. The lowest BCUT2D eigenvalue weighted by molar-refractivity contribution is -0.274. The first-order valence-corrected chi connectivity index (χ1v) is 13.2. The van der Waals surface area contributed by atoms with Crippen LogP contribution in [0, 0.1) is 5.82 Å². The lowest BCUT2D eigenvalue weighted by Gasteiger charge is -2.31. The zero-order chi connectivity index (χ0) is 29.4. The molecule has 42 heavy (non-hydrogen) atoms. The van der Waals surface area contributed by atoms with Crippen LogP contribution in [0.3, 0.4) is 0 Å². The summed E-state index contributed by atoms with van der Waals surface area (Å²) in [6.07, 6.45) is -1.99. The van der Waals surface area contributed by atoms with Crippen molar-refractivity contribution in [3.63, 3.8) is 0 Å². The number of aromatic nitrogens is 2. The van der Waals surface area contributed by atoms with E-state index in [2.05, 4.69) is 20.0 Å². The third-order valence-corrected chi connectivity index (χ3v) is 7.20. The number of nitrogens with one attached hydrogen (secondary N) is 1. The van der Waals surface area contributed by atoms with Crippen molar-refractivity contribution in [1.82, 2.24) is 9.97 Å². The number of hydrogen-bond donors (Lipinski definition) is 1. The van der Waals surface area contributed by atoms with Crippen LogP contribution in [-0.4, -0.2) is 48.5 Å². The normalized spacial score (nSPS) is 13.9. The number of alkyl halides is 3. The van der Waals surface area contributed by atoms with E-state index >= 15 is 4.39 Å². The van der Waals surface area contributed by atoms with Gasteiger partial charge in [0.2, 0.25) is 0 Å². The molecule has 0 atom stereocenters. The second-order valence-electron chi connectivity index (χ2n) is 9.46. The molecule has 0 aliphatic carbocycles. The SMILES string of the molecule is O=C(Nc1cnc2c(-c3cc(OC(F)(F)F)ccc3Cl)c(F)ccc2c1N1CCOCC1)c1ccnc2ccccc12. The van der Waals surface area contributed by atoms with Crippen LogP contribution in [0.25, 0.3) is 32.9 Å². The second kappa shape index (κ2) is 11.1. The molecular weight excluding hydrogens is 576 g/mol. The van der Waals surface area contributed by atoms with Crippen molar-refractivity contribution in [2.24, 2.45) is 0 Å². The van der Waals surface area contributed by atoms with E-state index in [9.17, 15) is 18.0 Å². The van der Waals surface area contributed by atoms with Crippen LogP contribution < -0.4 is 15.0 Å². The molecule has 214 valence electrons. The van der Waals surface area contributed by atoms with Gasteiger partial charge in [0.15, 0.2) is 0 Å². The lowest BCUT2D eigenvalue weighted by atomic mass is 9.99. The van der Waals surface area contributed by atoms with Crippen LogP contribution in [0.2, 0.25) is 5.02 Å². The fraction of sp³-hybridized carbons (Fsp3) is 0.167. The summed E-state index contributed by atoms with van der Waals surface area (Å²) in [7, 11) is 0. The van der Waals surface area contributed by atoms with Gasteiger partial charge < -0.3 is 19.7 Å². The Kier molecular flexibility index (Phi) is 7.29. The Labute approximate surface area is 241 Å². The zero-order valence-electron chi connectivity index (χ0n) is 21.7. The number of para-hydroxylation sites is 1. The van der Waals surface area contributed by atoms with Gasteiger partial charge in [-0.25, -0.2) is 4.39 Å². The Morgan fingerprint density at radius 1 is 1.00 bits per heavy atom. The highest BCUT2D eigenvalue weighted by molar-refractivity contribution is 6.34. The van der Waals surface area contributed by atoms with Gasteiger partial charge in [-0.15, -0.1) is 13.2 Å². The summed E-state index contributed by atoms with van der Waals surface area (Å²) in [5.41, 5.74) is 2.02. The van der Waals surface area contributed by atoms with Crippen molar-refractivity contribution in [3.05, 3.63) is 89.5 Å².